The first-order valence-corrected chi connectivity index (χ1v) is 7.83. The lowest BCUT2D eigenvalue weighted by molar-refractivity contribution is -0.121. The Kier molecular flexibility index (Phi) is 6.37. The minimum Gasteiger partial charge on any atom is -0.497 e. The summed E-state index contributed by atoms with van der Waals surface area (Å²) in [5.74, 6) is 0.668. The molecule has 2 amide bonds. The first-order chi connectivity index (χ1) is 11.6. The molecule has 2 N–H and O–H groups in total. The van der Waals surface area contributed by atoms with Gasteiger partial charge in [0.2, 0.25) is 5.91 Å². The van der Waals surface area contributed by atoms with Crippen molar-refractivity contribution in [2.45, 2.75) is 19.4 Å². The summed E-state index contributed by atoms with van der Waals surface area (Å²) in [6.45, 7) is 0.449. The summed E-state index contributed by atoms with van der Waals surface area (Å²) in [5, 5.41) is 5.46. The zero-order valence-corrected chi connectivity index (χ0v) is 14.0. The number of aryl methyl sites for hydroxylation is 1. The highest BCUT2D eigenvalue weighted by molar-refractivity contribution is 5.93. The minimum atomic E-state index is -0.121. The van der Waals surface area contributed by atoms with Gasteiger partial charge < -0.3 is 15.4 Å². The number of nitrogens with one attached hydrogen (secondary N) is 2. The molecular weight excluding hydrogens is 304 g/mol. The van der Waals surface area contributed by atoms with Crippen LogP contribution in [0.3, 0.4) is 0 Å². The number of methoxy groups -OCH3 is 1. The lowest BCUT2D eigenvalue weighted by Gasteiger charge is -2.07. The maximum atomic E-state index is 12.0. The van der Waals surface area contributed by atoms with E-state index < -0.39 is 0 Å². The van der Waals surface area contributed by atoms with Gasteiger partial charge >= 0.3 is 0 Å². The van der Waals surface area contributed by atoms with Gasteiger partial charge in [-0.2, -0.15) is 0 Å². The highest BCUT2D eigenvalue weighted by atomic mass is 16.5. The average Bonchev–Trinajstić information content (AvgIpc) is 2.64. The van der Waals surface area contributed by atoms with Crippen molar-refractivity contribution in [2.75, 3.05) is 14.2 Å². The molecule has 24 heavy (non-hydrogen) atoms. The standard InChI is InChI=1S/C19H22N2O3/c1-20-19(23)16-9-6-15(7-10-16)13-21-18(22)11-8-14-4-3-5-17(12-14)24-2/h3-7,9-10,12H,8,11,13H2,1-2H3,(H,20,23)(H,21,22). The molecular formula is C19H22N2O3. The number of hydrogen-bond acceptors (Lipinski definition) is 3. The molecule has 5 nitrogen and oxygen atoms in total. The molecule has 0 aliphatic carbocycles. The Labute approximate surface area is 142 Å². The van der Waals surface area contributed by atoms with E-state index in [1.54, 1.807) is 26.3 Å². The lowest BCUT2D eigenvalue weighted by Crippen LogP contribution is -2.23. The van der Waals surface area contributed by atoms with Crippen LogP contribution in [0.15, 0.2) is 48.5 Å². The molecule has 2 rings (SSSR count). The van der Waals surface area contributed by atoms with Gasteiger partial charge in [-0.05, 0) is 41.8 Å². The van der Waals surface area contributed by atoms with Gasteiger partial charge in [-0.1, -0.05) is 24.3 Å². The van der Waals surface area contributed by atoms with E-state index in [1.165, 1.54) is 0 Å². The van der Waals surface area contributed by atoms with Crippen molar-refractivity contribution in [2.24, 2.45) is 0 Å². The van der Waals surface area contributed by atoms with Crippen LogP contribution in [0.5, 0.6) is 5.75 Å². The molecule has 126 valence electrons. The summed E-state index contributed by atoms with van der Waals surface area (Å²) in [5.41, 5.74) is 2.63. The first-order valence-electron chi connectivity index (χ1n) is 7.83. The second kappa shape index (κ2) is 8.72. The zero-order chi connectivity index (χ0) is 17.4. The fourth-order valence-corrected chi connectivity index (χ4v) is 2.29. The summed E-state index contributed by atoms with van der Waals surface area (Å²) >= 11 is 0. The third-order valence-electron chi connectivity index (χ3n) is 3.71. The summed E-state index contributed by atoms with van der Waals surface area (Å²) in [6, 6.07) is 14.9. The van der Waals surface area contributed by atoms with Gasteiger partial charge in [0, 0.05) is 25.6 Å². The Morgan fingerprint density at radius 3 is 2.46 bits per heavy atom. The van der Waals surface area contributed by atoms with Gasteiger partial charge in [-0.3, -0.25) is 9.59 Å². The van der Waals surface area contributed by atoms with Crippen LogP contribution >= 0.6 is 0 Å². The second-order valence-corrected chi connectivity index (χ2v) is 5.40. The highest BCUT2D eigenvalue weighted by Gasteiger charge is 2.05. The Balaban J connectivity index is 1.79. The molecule has 5 heteroatoms. The topological polar surface area (TPSA) is 67.4 Å². The van der Waals surface area contributed by atoms with E-state index in [2.05, 4.69) is 10.6 Å². The molecule has 0 bridgehead atoms. The Hall–Kier alpha value is -2.82. The molecule has 0 saturated carbocycles. The van der Waals surface area contributed by atoms with E-state index in [0.717, 1.165) is 16.9 Å². The van der Waals surface area contributed by atoms with Crippen molar-refractivity contribution in [3.05, 3.63) is 65.2 Å². The quantitative estimate of drug-likeness (QED) is 0.820. The second-order valence-electron chi connectivity index (χ2n) is 5.40. The van der Waals surface area contributed by atoms with Crippen LogP contribution in [0.25, 0.3) is 0 Å². The van der Waals surface area contributed by atoms with Crippen LogP contribution in [0, 0.1) is 0 Å². The largest absolute Gasteiger partial charge is 0.497 e. The van der Waals surface area contributed by atoms with Crippen LogP contribution in [0.4, 0.5) is 0 Å². The molecule has 2 aromatic rings. The predicted octanol–water partition coefficient (Wildman–Crippen LogP) is 2.30. The molecule has 0 aliphatic heterocycles. The summed E-state index contributed by atoms with van der Waals surface area (Å²) in [4.78, 5) is 23.4. The third kappa shape index (κ3) is 5.12. The molecule has 0 saturated heterocycles. The van der Waals surface area contributed by atoms with Gasteiger partial charge in [-0.15, -0.1) is 0 Å². The van der Waals surface area contributed by atoms with Crippen molar-refractivity contribution >= 4 is 11.8 Å². The van der Waals surface area contributed by atoms with Gasteiger partial charge in [0.05, 0.1) is 7.11 Å². The van der Waals surface area contributed by atoms with Crippen molar-refractivity contribution in [1.82, 2.24) is 10.6 Å². The van der Waals surface area contributed by atoms with E-state index in [9.17, 15) is 9.59 Å². The van der Waals surface area contributed by atoms with Crippen LogP contribution < -0.4 is 15.4 Å². The molecule has 0 radical (unpaired) electrons. The molecule has 0 unspecified atom stereocenters. The van der Waals surface area contributed by atoms with Gasteiger partial charge in [0.15, 0.2) is 0 Å². The van der Waals surface area contributed by atoms with Crippen LogP contribution in [0.1, 0.15) is 27.9 Å². The highest BCUT2D eigenvalue weighted by Crippen LogP contribution is 2.13. The van der Waals surface area contributed by atoms with Crippen LogP contribution in [0.2, 0.25) is 0 Å². The number of carbonyl (C=O) groups is 2. The smallest absolute Gasteiger partial charge is 0.251 e. The number of ether oxygens (including phenoxy) is 1. The molecule has 0 aliphatic rings. The van der Waals surface area contributed by atoms with E-state index in [4.69, 9.17) is 4.74 Å². The molecule has 0 heterocycles. The van der Waals surface area contributed by atoms with E-state index in [1.807, 2.05) is 36.4 Å². The van der Waals surface area contributed by atoms with Crippen molar-refractivity contribution in [3.8, 4) is 5.75 Å². The van der Waals surface area contributed by atoms with E-state index in [0.29, 0.717) is 24.9 Å². The van der Waals surface area contributed by atoms with Crippen molar-refractivity contribution in [3.63, 3.8) is 0 Å². The molecule has 2 aromatic carbocycles. The maximum absolute atomic E-state index is 12.0. The summed E-state index contributed by atoms with van der Waals surface area (Å²) < 4.78 is 5.17. The normalized spacial score (nSPS) is 10.1. The Morgan fingerprint density at radius 1 is 1.04 bits per heavy atom. The van der Waals surface area contributed by atoms with Gasteiger partial charge in [-0.25, -0.2) is 0 Å². The predicted molar refractivity (Wildman–Crippen MR) is 93.0 cm³/mol. The zero-order valence-electron chi connectivity index (χ0n) is 14.0. The lowest BCUT2D eigenvalue weighted by atomic mass is 10.1. The van der Waals surface area contributed by atoms with Gasteiger partial charge in [0.25, 0.3) is 5.91 Å². The van der Waals surface area contributed by atoms with E-state index in [-0.39, 0.29) is 11.8 Å². The molecule has 0 atom stereocenters. The Morgan fingerprint density at radius 2 is 1.79 bits per heavy atom. The van der Waals surface area contributed by atoms with E-state index >= 15 is 0 Å². The van der Waals surface area contributed by atoms with Crippen LogP contribution in [-0.2, 0) is 17.8 Å². The monoisotopic (exact) mass is 326 g/mol. The molecule has 0 fully saturated rings. The number of amides is 2. The number of rotatable bonds is 7. The summed E-state index contributed by atoms with van der Waals surface area (Å²) in [7, 11) is 3.22. The van der Waals surface area contributed by atoms with Crippen molar-refractivity contribution in [1.29, 1.82) is 0 Å². The van der Waals surface area contributed by atoms with Crippen LogP contribution in [-0.4, -0.2) is 26.0 Å². The van der Waals surface area contributed by atoms with Crippen molar-refractivity contribution < 1.29 is 14.3 Å². The first kappa shape index (κ1) is 17.5. The average molecular weight is 326 g/mol. The van der Waals surface area contributed by atoms with Gasteiger partial charge in [0.1, 0.15) is 5.75 Å². The maximum Gasteiger partial charge on any atom is 0.251 e. The fourth-order valence-electron chi connectivity index (χ4n) is 2.29. The molecule has 0 aromatic heterocycles. The minimum absolute atomic E-state index is 0.00630. The summed E-state index contributed by atoms with van der Waals surface area (Å²) in [6.07, 6.45) is 1.09. The fraction of sp³-hybridized carbons (Fsp3) is 0.263. The number of carbonyl (C=O) groups excluding carboxylic acids is 2. The SMILES string of the molecule is CNC(=O)c1ccc(CNC(=O)CCc2cccc(OC)c2)cc1. The number of hydrogen-bond donors (Lipinski definition) is 2. The third-order valence-corrected chi connectivity index (χ3v) is 3.71. The molecule has 0 spiro atoms. The Bertz CT molecular complexity index is 696. The number of benzene rings is 2.